The Morgan fingerprint density at radius 1 is 1.25 bits per heavy atom. The van der Waals surface area contributed by atoms with Gasteiger partial charge in [-0.3, -0.25) is 4.68 Å². The largest absolute Gasteiger partial charge is 0.357 e. The summed E-state index contributed by atoms with van der Waals surface area (Å²) in [6.07, 6.45) is 0. The van der Waals surface area contributed by atoms with Gasteiger partial charge in [0.25, 0.3) is 0 Å². The van der Waals surface area contributed by atoms with Gasteiger partial charge in [0.05, 0.1) is 22.7 Å². The van der Waals surface area contributed by atoms with E-state index in [1.165, 1.54) is 0 Å². The molecule has 8 heteroatoms. The van der Waals surface area contributed by atoms with E-state index >= 15 is 0 Å². The molecule has 0 fully saturated rings. The summed E-state index contributed by atoms with van der Waals surface area (Å²) in [6.45, 7) is 12.7. The molecule has 1 rings (SSSR count). The number of nitrogens with zero attached hydrogens (tertiary/aromatic N) is 3. The Morgan fingerprint density at radius 2 is 1.88 bits per heavy atom. The predicted molar refractivity (Wildman–Crippen MR) is 99.0 cm³/mol. The predicted octanol–water partition coefficient (Wildman–Crippen LogP) is 1.31. The molecule has 0 saturated carbocycles. The first-order chi connectivity index (χ1) is 11.0. The highest BCUT2D eigenvalue weighted by Crippen LogP contribution is 2.15. The van der Waals surface area contributed by atoms with Gasteiger partial charge in [-0.2, -0.15) is 5.10 Å². The molecule has 0 aliphatic rings. The quantitative estimate of drug-likeness (QED) is 0.592. The Hall–Kier alpha value is -1.57. The van der Waals surface area contributed by atoms with Crippen LogP contribution >= 0.6 is 0 Å². The van der Waals surface area contributed by atoms with Gasteiger partial charge in [-0.1, -0.05) is 0 Å². The van der Waals surface area contributed by atoms with Crippen LogP contribution < -0.4 is 10.6 Å². The second kappa shape index (κ2) is 8.00. The zero-order valence-corrected chi connectivity index (χ0v) is 16.7. The molecule has 0 aromatic carbocycles. The fourth-order valence-corrected chi connectivity index (χ4v) is 3.14. The average Bonchev–Trinajstić information content (AvgIpc) is 2.68. The molecule has 0 aliphatic carbocycles. The summed E-state index contributed by atoms with van der Waals surface area (Å²) in [7, 11) is -1.23. The van der Waals surface area contributed by atoms with Gasteiger partial charge < -0.3 is 10.6 Å². The molecule has 0 unspecified atom stereocenters. The van der Waals surface area contributed by atoms with Gasteiger partial charge in [0.15, 0.2) is 15.8 Å². The number of aryl methyl sites for hydroxylation is 2. The Kier molecular flexibility index (Phi) is 6.83. The van der Waals surface area contributed by atoms with Gasteiger partial charge >= 0.3 is 0 Å². The lowest BCUT2D eigenvalue weighted by atomic mass is 10.2. The maximum Gasteiger partial charge on any atom is 0.191 e. The SMILES string of the molecule is CCNC(=NCc1c(C)nn(C)c1C)NCCS(=O)(=O)C(C)(C)C. The first-order valence-electron chi connectivity index (χ1n) is 8.23. The Morgan fingerprint density at radius 3 is 2.33 bits per heavy atom. The van der Waals surface area contributed by atoms with Crippen LogP contribution in [-0.2, 0) is 23.4 Å². The normalized spacial score (nSPS) is 13.2. The lowest BCUT2D eigenvalue weighted by Crippen LogP contribution is -2.41. The fourth-order valence-electron chi connectivity index (χ4n) is 2.16. The number of aliphatic imine (C=N–C) groups is 1. The molecule has 138 valence electrons. The minimum Gasteiger partial charge on any atom is -0.357 e. The summed E-state index contributed by atoms with van der Waals surface area (Å²) in [6, 6.07) is 0. The van der Waals surface area contributed by atoms with Crippen LogP contribution in [0, 0.1) is 13.8 Å². The first kappa shape index (κ1) is 20.5. The molecular weight excluding hydrogens is 326 g/mol. The Balaban J connectivity index is 2.74. The molecule has 2 N–H and O–H groups in total. The van der Waals surface area contributed by atoms with Crippen LogP contribution in [0.2, 0.25) is 0 Å². The van der Waals surface area contributed by atoms with E-state index in [0.717, 1.165) is 17.0 Å². The van der Waals surface area contributed by atoms with Gasteiger partial charge in [0, 0.05) is 31.4 Å². The van der Waals surface area contributed by atoms with Gasteiger partial charge in [-0.15, -0.1) is 0 Å². The van der Waals surface area contributed by atoms with Crippen molar-refractivity contribution >= 4 is 15.8 Å². The molecule has 0 radical (unpaired) electrons. The summed E-state index contributed by atoms with van der Waals surface area (Å²) in [5, 5.41) is 10.6. The number of hydrogen-bond donors (Lipinski definition) is 2. The third-order valence-corrected chi connectivity index (χ3v) is 6.60. The average molecular weight is 358 g/mol. The standard InChI is InChI=1S/C16H31N5O2S/c1-8-17-15(18-9-10-24(22,23)16(4,5)6)19-11-14-12(2)20-21(7)13(14)3/h8-11H2,1-7H3,(H2,17,18,19). The van der Waals surface area contributed by atoms with Crippen LogP contribution in [0.15, 0.2) is 4.99 Å². The van der Waals surface area contributed by atoms with Gasteiger partial charge in [-0.05, 0) is 41.5 Å². The van der Waals surface area contributed by atoms with Crippen molar-refractivity contribution in [2.24, 2.45) is 12.0 Å². The zero-order chi connectivity index (χ0) is 18.5. The van der Waals surface area contributed by atoms with Crippen LogP contribution in [-0.4, -0.2) is 47.7 Å². The van der Waals surface area contributed by atoms with E-state index in [2.05, 4.69) is 20.7 Å². The van der Waals surface area contributed by atoms with Gasteiger partial charge in [0.2, 0.25) is 0 Å². The van der Waals surface area contributed by atoms with E-state index in [4.69, 9.17) is 0 Å². The maximum atomic E-state index is 12.2. The van der Waals surface area contributed by atoms with Crippen molar-refractivity contribution in [2.75, 3.05) is 18.8 Å². The molecule has 0 amide bonds. The zero-order valence-electron chi connectivity index (χ0n) is 15.9. The van der Waals surface area contributed by atoms with Crippen molar-refractivity contribution in [3.63, 3.8) is 0 Å². The van der Waals surface area contributed by atoms with Crippen molar-refractivity contribution in [2.45, 2.75) is 52.8 Å². The number of rotatable bonds is 6. The second-order valence-corrected chi connectivity index (χ2v) is 9.69. The van der Waals surface area contributed by atoms with E-state index in [9.17, 15) is 8.42 Å². The highest BCUT2D eigenvalue weighted by Gasteiger charge is 2.28. The fraction of sp³-hybridized carbons (Fsp3) is 0.750. The molecule has 0 bridgehead atoms. The molecule has 0 spiro atoms. The van der Waals surface area contributed by atoms with E-state index in [1.54, 1.807) is 20.8 Å². The number of guanidine groups is 1. The van der Waals surface area contributed by atoms with Crippen molar-refractivity contribution < 1.29 is 8.42 Å². The minimum atomic E-state index is -3.14. The number of nitrogens with one attached hydrogen (secondary N) is 2. The number of hydrogen-bond acceptors (Lipinski definition) is 4. The van der Waals surface area contributed by atoms with E-state index in [-0.39, 0.29) is 5.75 Å². The van der Waals surface area contributed by atoms with E-state index in [1.807, 2.05) is 32.5 Å². The van der Waals surface area contributed by atoms with Crippen molar-refractivity contribution in [3.8, 4) is 0 Å². The monoisotopic (exact) mass is 357 g/mol. The number of sulfone groups is 1. The summed E-state index contributed by atoms with van der Waals surface area (Å²) in [4.78, 5) is 4.55. The lowest BCUT2D eigenvalue weighted by molar-refractivity contribution is 0.559. The smallest absolute Gasteiger partial charge is 0.191 e. The molecule has 24 heavy (non-hydrogen) atoms. The summed E-state index contributed by atoms with van der Waals surface area (Å²) in [5.41, 5.74) is 3.14. The van der Waals surface area contributed by atoms with Crippen molar-refractivity contribution in [1.29, 1.82) is 0 Å². The van der Waals surface area contributed by atoms with Gasteiger partial charge in [0.1, 0.15) is 0 Å². The van der Waals surface area contributed by atoms with Crippen LogP contribution in [0.3, 0.4) is 0 Å². The topological polar surface area (TPSA) is 88.4 Å². The molecule has 1 aromatic heterocycles. The van der Waals surface area contributed by atoms with Crippen molar-refractivity contribution in [1.82, 2.24) is 20.4 Å². The highest BCUT2D eigenvalue weighted by molar-refractivity contribution is 7.92. The summed E-state index contributed by atoms with van der Waals surface area (Å²) in [5.74, 6) is 0.690. The molecular formula is C16H31N5O2S. The minimum absolute atomic E-state index is 0.0753. The lowest BCUT2D eigenvalue weighted by Gasteiger charge is -2.19. The summed E-state index contributed by atoms with van der Waals surface area (Å²) >= 11 is 0. The molecule has 1 aromatic rings. The third kappa shape index (κ3) is 5.22. The Bertz CT molecular complexity index is 684. The van der Waals surface area contributed by atoms with Crippen LogP contribution in [0.5, 0.6) is 0 Å². The molecule has 1 heterocycles. The maximum absolute atomic E-state index is 12.2. The Labute approximate surface area is 145 Å². The second-order valence-electron chi connectivity index (χ2n) is 6.83. The third-order valence-electron chi connectivity index (χ3n) is 3.99. The molecule has 0 atom stereocenters. The molecule has 7 nitrogen and oxygen atoms in total. The van der Waals surface area contributed by atoms with Crippen LogP contribution in [0.4, 0.5) is 0 Å². The van der Waals surface area contributed by atoms with E-state index in [0.29, 0.717) is 25.6 Å². The van der Waals surface area contributed by atoms with Crippen molar-refractivity contribution in [3.05, 3.63) is 17.0 Å². The van der Waals surface area contributed by atoms with Crippen LogP contribution in [0.1, 0.15) is 44.6 Å². The first-order valence-corrected chi connectivity index (χ1v) is 9.88. The van der Waals surface area contributed by atoms with Crippen LogP contribution in [0.25, 0.3) is 0 Å². The molecule has 0 aliphatic heterocycles. The highest BCUT2D eigenvalue weighted by atomic mass is 32.2. The van der Waals surface area contributed by atoms with Gasteiger partial charge in [-0.25, -0.2) is 13.4 Å². The van der Waals surface area contributed by atoms with E-state index < -0.39 is 14.6 Å². The number of aromatic nitrogens is 2. The summed E-state index contributed by atoms with van der Waals surface area (Å²) < 4.78 is 25.4. The molecule has 0 saturated heterocycles.